The average molecular weight is 230 g/mol. The highest BCUT2D eigenvalue weighted by atomic mass is 19.1. The van der Waals surface area contributed by atoms with E-state index in [2.05, 4.69) is 5.32 Å². The number of anilines is 1. The molecule has 2 aromatic rings. The molecule has 0 fully saturated rings. The summed E-state index contributed by atoms with van der Waals surface area (Å²) in [7, 11) is 0. The molecule has 1 heterocycles. The molecule has 1 aromatic carbocycles. The molecule has 4 heteroatoms. The zero-order valence-electron chi connectivity index (χ0n) is 9.33. The van der Waals surface area contributed by atoms with Crippen LogP contribution in [0.1, 0.15) is 17.1 Å². The van der Waals surface area contributed by atoms with E-state index in [1.54, 1.807) is 18.2 Å². The van der Waals surface area contributed by atoms with Crippen molar-refractivity contribution < 1.29 is 8.81 Å². The third-order valence-electron chi connectivity index (χ3n) is 2.41. The van der Waals surface area contributed by atoms with E-state index in [-0.39, 0.29) is 11.6 Å². The van der Waals surface area contributed by atoms with Gasteiger partial charge in [0.1, 0.15) is 17.6 Å². The molecule has 86 valence electrons. The summed E-state index contributed by atoms with van der Waals surface area (Å²) in [5, 5.41) is 11.7. The molecule has 0 aliphatic carbocycles. The number of nitrogens with zero attached hydrogens (tertiary/aromatic N) is 1. The SMILES string of the molecule is Cc1cc(F)ccc1NCc1ccc(C#N)o1. The molecule has 0 amide bonds. The van der Waals surface area contributed by atoms with Crippen molar-refractivity contribution in [2.75, 3.05) is 5.32 Å². The Morgan fingerprint density at radius 2 is 2.18 bits per heavy atom. The minimum atomic E-state index is -0.252. The number of benzene rings is 1. The van der Waals surface area contributed by atoms with E-state index in [4.69, 9.17) is 9.68 Å². The lowest BCUT2D eigenvalue weighted by molar-refractivity contribution is 0.506. The van der Waals surface area contributed by atoms with Crippen LogP contribution in [-0.4, -0.2) is 0 Å². The molecule has 3 nitrogen and oxygen atoms in total. The van der Waals surface area contributed by atoms with Gasteiger partial charge in [-0.1, -0.05) is 0 Å². The molecule has 0 saturated carbocycles. The van der Waals surface area contributed by atoms with E-state index in [9.17, 15) is 4.39 Å². The lowest BCUT2D eigenvalue weighted by atomic mass is 10.2. The highest BCUT2D eigenvalue weighted by molar-refractivity contribution is 5.50. The minimum Gasteiger partial charge on any atom is -0.449 e. The zero-order chi connectivity index (χ0) is 12.3. The van der Waals surface area contributed by atoms with Crippen LogP contribution in [-0.2, 0) is 6.54 Å². The van der Waals surface area contributed by atoms with Gasteiger partial charge in [0.2, 0.25) is 5.76 Å². The monoisotopic (exact) mass is 230 g/mol. The first-order valence-corrected chi connectivity index (χ1v) is 5.18. The molecule has 17 heavy (non-hydrogen) atoms. The van der Waals surface area contributed by atoms with Gasteiger partial charge in [-0.25, -0.2) is 4.39 Å². The highest BCUT2D eigenvalue weighted by Gasteiger charge is 2.03. The highest BCUT2D eigenvalue weighted by Crippen LogP contribution is 2.17. The number of furan rings is 1. The number of halogens is 1. The Hall–Kier alpha value is -2.28. The van der Waals surface area contributed by atoms with Crippen LogP contribution in [0, 0.1) is 24.1 Å². The van der Waals surface area contributed by atoms with Crippen LogP contribution in [0.4, 0.5) is 10.1 Å². The first-order valence-electron chi connectivity index (χ1n) is 5.18. The van der Waals surface area contributed by atoms with Crippen molar-refractivity contribution in [1.29, 1.82) is 5.26 Å². The Bertz CT molecular complexity index is 569. The average Bonchev–Trinajstić information content (AvgIpc) is 2.76. The Morgan fingerprint density at radius 3 is 2.82 bits per heavy atom. The van der Waals surface area contributed by atoms with Crippen molar-refractivity contribution in [3.63, 3.8) is 0 Å². The van der Waals surface area contributed by atoms with Crippen LogP contribution in [0.3, 0.4) is 0 Å². The summed E-state index contributed by atoms with van der Waals surface area (Å²) in [6.45, 7) is 2.29. The van der Waals surface area contributed by atoms with Gasteiger partial charge in [0.05, 0.1) is 6.54 Å². The predicted octanol–water partition coefficient (Wildman–Crippen LogP) is 3.21. The maximum Gasteiger partial charge on any atom is 0.203 e. The second-order valence-corrected chi connectivity index (χ2v) is 3.69. The second-order valence-electron chi connectivity index (χ2n) is 3.69. The van der Waals surface area contributed by atoms with Gasteiger partial charge < -0.3 is 9.73 Å². The fourth-order valence-corrected chi connectivity index (χ4v) is 1.54. The van der Waals surface area contributed by atoms with E-state index in [0.29, 0.717) is 12.3 Å². The molecule has 0 aliphatic rings. The molecule has 0 spiro atoms. The number of hydrogen-bond acceptors (Lipinski definition) is 3. The molecule has 1 aromatic heterocycles. The van der Waals surface area contributed by atoms with Crippen LogP contribution in [0.2, 0.25) is 0 Å². The lowest BCUT2D eigenvalue weighted by Crippen LogP contribution is -2.00. The molecule has 0 radical (unpaired) electrons. The maximum atomic E-state index is 12.9. The molecule has 1 N–H and O–H groups in total. The fourth-order valence-electron chi connectivity index (χ4n) is 1.54. The second kappa shape index (κ2) is 4.71. The van der Waals surface area contributed by atoms with Crippen molar-refractivity contribution in [1.82, 2.24) is 0 Å². The van der Waals surface area contributed by atoms with Gasteiger partial charge in [-0.05, 0) is 42.8 Å². The first kappa shape index (κ1) is 11.2. The number of aryl methyl sites for hydroxylation is 1. The van der Waals surface area contributed by atoms with Crippen LogP contribution in [0.5, 0.6) is 0 Å². The summed E-state index contributed by atoms with van der Waals surface area (Å²) in [5.41, 5.74) is 1.68. The van der Waals surface area contributed by atoms with Gasteiger partial charge >= 0.3 is 0 Å². The van der Waals surface area contributed by atoms with Crippen LogP contribution < -0.4 is 5.32 Å². The van der Waals surface area contributed by atoms with E-state index >= 15 is 0 Å². The summed E-state index contributed by atoms with van der Waals surface area (Å²) in [6, 6.07) is 9.82. The Balaban J connectivity index is 2.05. The van der Waals surface area contributed by atoms with Crippen molar-refractivity contribution in [2.45, 2.75) is 13.5 Å². The normalized spacial score (nSPS) is 9.94. The van der Waals surface area contributed by atoms with E-state index < -0.39 is 0 Å². The maximum absolute atomic E-state index is 12.9. The third-order valence-corrected chi connectivity index (χ3v) is 2.41. The predicted molar refractivity (Wildman–Crippen MR) is 61.9 cm³/mol. The van der Waals surface area contributed by atoms with E-state index in [1.807, 2.05) is 13.0 Å². The number of nitriles is 1. The van der Waals surface area contributed by atoms with Crippen molar-refractivity contribution >= 4 is 5.69 Å². The molecule has 0 atom stereocenters. The topological polar surface area (TPSA) is 49.0 Å². The molecule has 0 saturated heterocycles. The Kier molecular flexibility index (Phi) is 3.10. The molecular weight excluding hydrogens is 219 g/mol. The fraction of sp³-hybridized carbons (Fsp3) is 0.154. The molecule has 0 bridgehead atoms. The Labute approximate surface area is 98.5 Å². The van der Waals surface area contributed by atoms with Gasteiger partial charge in [-0.2, -0.15) is 5.26 Å². The quantitative estimate of drug-likeness (QED) is 0.880. The smallest absolute Gasteiger partial charge is 0.203 e. The van der Waals surface area contributed by atoms with Crippen molar-refractivity contribution in [2.24, 2.45) is 0 Å². The van der Waals surface area contributed by atoms with E-state index in [1.165, 1.54) is 12.1 Å². The number of rotatable bonds is 3. The summed E-state index contributed by atoms with van der Waals surface area (Å²) in [5.74, 6) is 0.709. The van der Waals surface area contributed by atoms with Crippen molar-refractivity contribution in [3.05, 3.63) is 53.2 Å². The Morgan fingerprint density at radius 1 is 1.35 bits per heavy atom. The minimum absolute atomic E-state index is 0.252. The van der Waals surface area contributed by atoms with Crippen LogP contribution >= 0.6 is 0 Å². The van der Waals surface area contributed by atoms with Gasteiger partial charge in [-0.3, -0.25) is 0 Å². The summed E-state index contributed by atoms with van der Waals surface area (Å²) in [4.78, 5) is 0. The van der Waals surface area contributed by atoms with Crippen molar-refractivity contribution in [3.8, 4) is 6.07 Å². The van der Waals surface area contributed by atoms with Crippen LogP contribution in [0.25, 0.3) is 0 Å². The molecular formula is C13H11FN2O. The molecule has 0 unspecified atom stereocenters. The van der Waals surface area contributed by atoms with Gasteiger partial charge in [-0.15, -0.1) is 0 Å². The lowest BCUT2D eigenvalue weighted by Gasteiger charge is -2.07. The van der Waals surface area contributed by atoms with Gasteiger partial charge in [0, 0.05) is 5.69 Å². The van der Waals surface area contributed by atoms with Gasteiger partial charge in [0.25, 0.3) is 0 Å². The summed E-state index contributed by atoms with van der Waals surface area (Å²) in [6.07, 6.45) is 0. The standard InChI is InChI=1S/C13H11FN2O/c1-9-6-10(14)2-5-13(9)16-8-12-4-3-11(7-15)17-12/h2-6,16H,8H2,1H3. The van der Waals surface area contributed by atoms with Crippen LogP contribution in [0.15, 0.2) is 34.7 Å². The third kappa shape index (κ3) is 2.64. The summed E-state index contributed by atoms with van der Waals surface area (Å²) < 4.78 is 18.1. The molecule has 2 rings (SSSR count). The summed E-state index contributed by atoms with van der Waals surface area (Å²) >= 11 is 0. The number of nitrogens with one attached hydrogen (secondary N) is 1. The molecule has 0 aliphatic heterocycles. The largest absolute Gasteiger partial charge is 0.449 e. The first-order chi connectivity index (χ1) is 8.19. The van der Waals surface area contributed by atoms with Gasteiger partial charge in [0.15, 0.2) is 0 Å². The number of hydrogen-bond donors (Lipinski definition) is 1. The van der Waals surface area contributed by atoms with E-state index in [0.717, 1.165) is 11.3 Å². The zero-order valence-corrected chi connectivity index (χ0v) is 9.33.